The smallest absolute Gasteiger partial charge is 0.240 e. The van der Waals surface area contributed by atoms with Crippen LogP contribution < -0.4 is 5.32 Å². The van der Waals surface area contributed by atoms with Crippen LogP contribution in [0.1, 0.15) is 70.0 Å². The summed E-state index contributed by atoms with van der Waals surface area (Å²) in [5.74, 6) is 0.967. The molecule has 1 saturated heterocycles. The molecule has 1 fully saturated rings. The normalized spacial score (nSPS) is 19.9. The molecule has 0 spiro atoms. The molecule has 1 aromatic heterocycles. The fraction of sp³-hybridized carbons (Fsp3) is 0.464. The van der Waals surface area contributed by atoms with Gasteiger partial charge in [0, 0.05) is 31.4 Å². The summed E-state index contributed by atoms with van der Waals surface area (Å²) in [5, 5.41) is 2.93. The minimum absolute atomic E-state index is 0.0732. The minimum atomic E-state index is -0.778. The van der Waals surface area contributed by atoms with Crippen molar-refractivity contribution in [1.82, 2.24) is 10.3 Å². The molecule has 0 radical (unpaired) electrons. The molecule has 4 rings (SSSR count). The van der Waals surface area contributed by atoms with E-state index in [1.54, 1.807) is 23.1 Å². The number of aromatic nitrogens is 1. The Morgan fingerprint density at radius 1 is 1.00 bits per heavy atom. The van der Waals surface area contributed by atoms with Crippen molar-refractivity contribution in [1.29, 1.82) is 0 Å². The number of para-hydroxylation sites is 1. The Morgan fingerprint density at radius 2 is 1.75 bits per heavy atom. The number of ether oxygens (including phenoxy) is 2. The number of amides is 1. The average molecular weight is 527 g/mol. The fourth-order valence-corrected chi connectivity index (χ4v) is 6.29. The fourth-order valence-electron chi connectivity index (χ4n) is 4.18. The third-order valence-electron chi connectivity index (χ3n) is 6.20. The number of ketones is 1. The van der Waals surface area contributed by atoms with Crippen LogP contribution in [0.3, 0.4) is 0 Å². The van der Waals surface area contributed by atoms with Crippen molar-refractivity contribution in [3.63, 3.8) is 0 Å². The van der Waals surface area contributed by atoms with Crippen LogP contribution in [-0.2, 0) is 19.1 Å². The first kappa shape index (κ1) is 26.8. The van der Waals surface area contributed by atoms with Crippen molar-refractivity contribution in [2.45, 2.75) is 81.3 Å². The van der Waals surface area contributed by atoms with Gasteiger partial charge in [-0.2, -0.15) is 0 Å². The lowest BCUT2D eigenvalue weighted by atomic mass is 10.0. The number of fused-ring (bicyclic) bond motifs is 1. The molecule has 2 aromatic carbocycles. The van der Waals surface area contributed by atoms with Crippen LogP contribution in [-0.4, -0.2) is 34.9 Å². The molecule has 2 heterocycles. The zero-order valence-corrected chi connectivity index (χ0v) is 22.3. The number of thioether (sulfide) groups is 1. The monoisotopic (exact) mass is 526 g/mol. The van der Waals surface area contributed by atoms with Gasteiger partial charge in [-0.25, -0.2) is 4.98 Å². The number of carbonyl (C=O) groups excluding carboxylic acids is 2. The largest absolute Gasteiger partial charge is 0.331 e. The van der Waals surface area contributed by atoms with Crippen LogP contribution in [0.15, 0.2) is 58.9 Å². The molecular formula is C28H34N2O4S2. The molecule has 1 aliphatic heterocycles. The number of nitrogens with zero attached hydrogens (tertiary/aromatic N) is 1. The van der Waals surface area contributed by atoms with Gasteiger partial charge in [-0.1, -0.05) is 74.0 Å². The number of Topliss-reactive ketones (excluding diaryl/α,β-unsaturated/α-hetero) is 1. The molecule has 8 heteroatoms. The van der Waals surface area contributed by atoms with Crippen molar-refractivity contribution in [3.05, 3.63) is 60.2 Å². The van der Waals surface area contributed by atoms with Gasteiger partial charge in [-0.15, -0.1) is 11.3 Å². The third-order valence-corrected chi connectivity index (χ3v) is 8.51. The number of hydrogen-bond acceptors (Lipinski definition) is 7. The maximum absolute atomic E-state index is 12.6. The number of unbranched alkanes of at least 4 members (excludes halogenated alkanes) is 3. The number of thiazole rings is 1. The topological polar surface area (TPSA) is 77.5 Å². The van der Waals surface area contributed by atoms with Gasteiger partial charge < -0.3 is 14.8 Å². The van der Waals surface area contributed by atoms with Crippen LogP contribution in [0.25, 0.3) is 10.2 Å². The van der Waals surface area contributed by atoms with E-state index in [0.29, 0.717) is 31.5 Å². The lowest BCUT2D eigenvalue weighted by molar-refractivity contribution is -0.251. The van der Waals surface area contributed by atoms with Gasteiger partial charge in [0.1, 0.15) is 5.78 Å². The number of nitrogens with one attached hydrogen (secondary N) is 1. The number of hydrogen-bond donors (Lipinski definition) is 1. The standard InChI is InChI=1S/C28H34N2O4S2/c1-2-21(31)14-8-3-4-9-17-26(32)30-27-33-22(18-24(34-27)20-12-6-5-7-13-20)19-35-28-29-23-15-10-11-16-25(23)36-28/h5-7,10-13,15-16,22,24,27H,2-4,8-9,14,17-19H2,1H3,(H,30,32). The summed E-state index contributed by atoms with van der Waals surface area (Å²) in [6.45, 7) is 1.90. The Morgan fingerprint density at radius 3 is 2.53 bits per heavy atom. The van der Waals surface area contributed by atoms with E-state index in [2.05, 4.69) is 23.5 Å². The Hall–Kier alpha value is -2.26. The average Bonchev–Trinajstić information content (AvgIpc) is 3.33. The second-order valence-corrected chi connectivity index (χ2v) is 11.3. The summed E-state index contributed by atoms with van der Waals surface area (Å²) < 4.78 is 14.5. The maximum atomic E-state index is 12.6. The molecule has 3 aromatic rings. The number of benzene rings is 2. The quantitative estimate of drug-likeness (QED) is 0.198. The van der Waals surface area contributed by atoms with Gasteiger partial charge in [0.25, 0.3) is 0 Å². The molecule has 1 N–H and O–H groups in total. The molecule has 1 amide bonds. The van der Waals surface area contributed by atoms with Gasteiger partial charge in [-0.3, -0.25) is 9.59 Å². The summed E-state index contributed by atoms with van der Waals surface area (Å²) in [4.78, 5) is 28.7. The van der Waals surface area contributed by atoms with Crippen molar-refractivity contribution in [2.24, 2.45) is 0 Å². The van der Waals surface area contributed by atoms with Crippen LogP contribution in [0.5, 0.6) is 0 Å². The summed E-state index contributed by atoms with van der Waals surface area (Å²) in [6.07, 6.45) is 4.97. The van der Waals surface area contributed by atoms with Gasteiger partial charge >= 0.3 is 0 Å². The molecule has 1 aliphatic rings. The Balaban J connectivity index is 1.29. The van der Waals surface area contributed by atoms with E-state index in [4.69, 9.17) is 14.5 Å². The van der Waals surface area contributed by atoms with E-state index in [1.165, 1.54) is 4.70 Å². The van der Waals surface area contributed by atoms with Crippen molar-refractivity contribution < 1.29 is 19.1 Å². The Kier molecular flexibility index (Phi) is 10.3. The van der Waals surface area contributed by atoms with E-state index in [-0.39, 0.29) is 18.1 Å². The summed E-state index contributed by atoms with van der Waals surface area (Å²) in [6, 6.07) is 18.2. The molecule has 3 atom stereocenters. The molecule has 6 nitrogen and oxygen atoms in total. The first-order chi connectivity index (χ1) is 17.6. The second-order valence-electron chi connectivity index (χ2n) is 8.99. The van der Waals surface area contributed by atoms with E-state index in [1.807, 2.05) is 43.3 Å². The highest BCUT2D eigenvalue weighted by Gasteiger charge is 2.32. The number of carbonyl (C=O) groups is 2. The predicted octanol–water partition coefficient (Wildman–Crippen LogP) is 6.65. The van der Waals surface area contributed by atoms with E-state index in [9.17, 15) is 9.59 Å². The maximum Gasteiger partial charge on any atom is 0.240 e. The summed E-state index contributed by atoms with van der Waals surface area (Å²) in [5.41, 5.74) is 2.10. The molecule has 192 valence electrons. The lowest BCUT2D eigenvalue weighted by Crippen LogP contribution is -2.46. The van der Waals surface area contributed by atoms with Gasteiger partial charge in [-0.05, 0) is 30.5 Å². The first-order valence-electron chi connectivity index (χ1n) is 12.8. The van der Waals surface area contributed by atoms with Gasteiger partial charge in [0.2, 0.25) is 12.3 Å². The summed E-state index contributed by atoms with van der Waals surface area (Å²) in [7, 11) is 0. The molecular weight excluding hydrogens is 492 g/mol. The van der Waals surface area contributed by atoms with Gasteiger partial charge in [0.05, 0.1) is 22.4 Å². The summed E-state index contributed by atoms with van der Waals surface area (Å²) >= 11 is 3.37. The van der Waals surface area contributed by atoms with Crippen molar-refractivity contribution in [3.8, 4) is 0 Å². The highest BCUT2D eigenvalue weighted by molar-refractivity contribution is 8.01. The lowest BCUT2D eigenvalue weighted by Gasteiger charge is -2.36. The predicted molar refractivity (Wildman–Crippen MR) is 145 cm³/mol. The zero-order chi connectivity index (χ0) is 25.2. The molecule has 0 bridgehead atoms. The molecule has 0 aliphatic carbocycles. The minimum Gasteiger partial charge on any atom is -0.331 e. The zero-order valence-electron chi connectivity index (χ0n) is 20.7. The van der Waals surface area contributed by atoms with Gasteiger partial charge in [0.15, 0.2) is 4.34 Å². The first-order valence-corrected chi connectivity index (χ1v) is 14.6. The van der Waals surface area contributed by atoms with Crippen molar-refractivity contribution >= 4 is 45.0 Å². The van der Waals surface area contributed by atoms with E-state index >= 15 is 0 Å². The van der Waals surface area contributed by atoms with Crippen LogP contribution in [0, 0.1) is 0 Å². The van der Waals surface area contributed by atoms with Crippen LogP contribution in [0.2, 0.25) is 0 Å². The highest BCUT2D eigenvalue weighted by atomic mass is 32.2. The SMILES string of the molecule is CCC(=O)CCCCCCC(=O)NC1OC(CSc2nc3ccccc3s2)CC(c2ccccc2)O1. The van der Waals surface area contributed by atoms with Crippen LogP contribution in [0.4, 0.5) is 0 Å². The Labute approximate surface area is 221 Å². The molecule has 0 saturated carbocycles. The number of rotatable bonds is 13. The highest BCUT2D eigenvalue weighted by Crippen LogP contribution is 2.35. The van der Waals surface area contributed by atoms with E-state index in [0.717, 1.165) is 46.9 Å². The Bertz CT molecular complexity index is 1090. The van der Waals surface area contributed by atoms with Crippen LogP contribution >= 0.6 is 23.1 Å². The third kappa shape index (κ3) is 8.13. The van der Waals surface area contributed by atoms with Crippen molar-refractivity contribution in [2.75, 3.05) is 5.75 Å². The second kappa shape index (κ2) is 13.9. The molecule has 36 heavy (non-hydrogen) atoms. The van der Waals surface area contributed by atoms with E-state index < -0.39 is 6.41 Å². The molecule has 3 unspecified atom stereocenters.